The lowest BCUT2D eigenvalue weighted by Gasteiger charge is -2.40. The Morgan fingerprint density at radius 3 is 1.45 bits per heavy atom. The summed E-state index contributed by atoms with van der Waals surface area (Å²) < 4.78 is 11.3. The fourth-order valence-corrected chi connectivity index (χ4v) is 13.3. The van der Waals surface area contributed by atoms with Gasteiger partial charge in [-0.15, -0.1) is 0 Å². The maximum atomic E-state index is 14.1. The number of fused-ring (bicyclic) bond motifs is 2. The van der Waals surface area contributed by atoms with Crippen LogP contribution < -0.4 is 30.2 Å². The van der Waals surface area contributed by atoms with Crippen LogP contribution in [-0.4, -0.2) is 136 Å². The fourth-order valence-electron chi connectivity index (χ4n) is 12.3. The number of likely N-dealkylation sites (tertiary alicyclic amines) is 2. The molecule has 4 aromatic carbocycles. The number of ketones is 1. The number of hydrogen-bond donors (Lipinski definition) is 2. The van der Waals surface area contributed by atoms with Gasteiger partial charge in [0, 0.05) is 104 Å². The molecule has 4 aromatic rings. The second kappa shape index (κ2) is 28.1. The Labute approximate surface area is 492 Å². The molecule has 4 amide bonds. The molecule has 6 aliphatic rings. The summed E-state index contributed by atoms with van der Waals surface area (Å²) in [6, 6.07) is 25.0. The van der Waals surface area contributed by atoms with E-state index in [-0.39, 0.29) is 35.7 Å². The van der Waals surface area contributed by atoms with E-state index < -0.39 is 0 Å². The van der Waals surface area contributed by atoms with Crippen LogP contribution in [0.3, 0.4) is 0 Å². The zero-order valence-electron chi connectivity index (χ0n) is 46.1. The normalized spacial score (nSPS) is 19.4. The van der Waals surface area contributed by atoms with Crippen LogP contribution in [0.5, 0.6) is 0 Å². The van der Waals surface area contributed by atoms with Gasteiger partial charge in [0.2, 0.25) is 11.8 Å². The number of carbonyl (C=O) groups is 4. The van der Waals surface area contributed by atoms with Crippen LogP contribution in [0.15, 0.2) is 72.8 Å². The van der Waals surface area contributed by atoms with Crippen LogP contribution in [0.2, 0.25) is 20.1 Å². The second-order valence-electron chi connectivity index (χ2n) is 22.5. The van der Waals surface area contributed by atoms with Crippen LogP contribution in [0.4, 0.5) is 27.5 Å². The molecule has 2 atom stereocenters. The van der Waals surface area contributed by atoms with Crippen molar-refractivity contribution >= 4 is 92.8 Å². The highest BCUT2D eigenvalue weighted by Crippen LogP contribution is 2.43. The Bertz CT molecular complexity index is 2630. The first-order valence-electron chi connectivity index (χ1n) is 29.5. The zero-order chi connectivity index (χ0) is 55.5. The topological polar surface area (TPSA) is 130 Å². The summed E-state index contributed by atoms with van der Waals surface area (Å²) in [5.41, 5.74) is 8.11. The molecule has 4 aliphatic heterocycles. The number of urea groups is 1. The smallest absolute Gasteiger partial charge is 0.314 e. The lowest BCUT2D eigenvalue weighted by atomic mass is 10.0. The first kappa shape index (κ1) is 58.6. The van der Waals surface area contributed by atoms with Gasteiger partial charge < -0.3 is 39.7 Å². The van der Waals surface area contributed by atoms with Crippen molar-refractivity contribution in [2.24, 2.45) is 0 Å². The highest BCUT2D eigenvalue weighted by atomic mass is 35.5. The molecule has 2 saturated carbocycles. The third kappa shape index (κ3) is 14.9. The van der Waals surface area contributed by atoms with E-state index in [0.717, 1.165) is 105 Å². The number of amides is 4. The van der Waals surface area contributed by atoms with Gasteiger partial charge >= 0.3 is 6.03 Å². The van der Waals surface area contributed by atoms with Crippen LogP contribution >= 0.6 is 46.4 Å². The van der Waals surface area contributed by atoms with E-state index in [0.29, 0.717) is 130 Å². The van der Waals surface area contributed by atoms with Crippen molar-refractivity contribution in [3.63, 3.8) is 0 Å². The summed E-state index contributed by atoms with van der Waals surface area (Å²) in [5.74, 6) is 0.547. The molecular weight excluding hydrogens is 1090 g/mol. The van der Waals surface area contributed by atoms with E-state index in [1.54, 1.807) is 0 Å². The Morgan fingerprint density at radius 1 is 0.475 bits per heavy atom. The van der Waals surface area contributed by atoms with E-state index in [1.807, 2.05) is 46.2 Å². The molecule has 0 bridgehead atoms. The van der Waals surface area contributed by atoms with Gasteiger partial charge in [0.25, 0.3) is 0 Å². The lowest BCUT2D eigenvalue weighted by Crippen LogP contribution is -2.51. The molecule has 80 heavy (non-hydrogen) atoms. The molecule has 4 heterocycles. The first-order chi connectivity index (χ1) is 39.0. The minimum Gasteiger partial charge on any atom is -0.379 e. The molecule has 430 valence electrons. The third-order valence-corrected chi connectivity index (χ3v) is 18.2. The Morgan fingerprint density at radius 2 is 0.925 bits per heavy atom. The molecular formula is C62H78Cl4N8O6. The highest BCUT2D eigenvalue weighted by molar-refractivity contribution is 6.34. The largest absolute Gasteiger partial charge is 0.379 e. The van der Waals surface area contributed by atoms with Gasteiger partial charge in [-0.3, -0.25) is 24.2 Å². The van der Waals surface area contributed by atoms with E-state index in [4.69, 9.17) is 55.9 Å². The second-order valence-corrected chi connectivity index (χ2v) is 24.1. The van der Waals surface area contributed by atoms with E-state index in [1.165, 1.54) is 37.1 Å². The van der Waals surface area contributed by atoms with E-state index in [9.17, 15) is 19.2 Å². The molecule has 0 aromatic heterocycles. The van der Waals surface area contributed by atoms with Gasteiger partial charge in [0.05, 0.1) is 54.7 Å². The summed E-state index contributed by atoms with van der Waals surface area (Å²) >= 11 is 27.3. The number of rotatable bonds is 27. The molecule has 4 fully saturated rings. The number of ether oxygens (including phenoxy) is 2. The number of carbonyl (C=O) groups excluding carboxylic acids is 4. The molecule has 10 rings (SSSR count). The van der Waals surface area contributed by atoms with Gasteiger partial charge in [-0.05, 0) is 174 Å². The van der Waals surface area contributed by atoms with Crippen LogP contribution in [0.25, 0.3) is 0 Å². The standard InChI is InChI=1S/C62H78Cl4N8O6/c63-50-39-45(41-69-27-8-19-58(69)60(76)73-31-29-71(47-21-22-47)54-15-3-5-17-56(54)73)52(65)37-43(50)11-1-2-13-49(75)14-10-33-79-35-36-80-34-26-68-62(78)67-25-7-12-44-38-53(66)46(40-51(44)64)42-70-28-9-20-59(70)61(77)74-32-30-72(48-23-24-48)55-16-4-6-18-57(55)74/h3-6,15-18,37-40,47-48,58-59H,1-2,7-14,19-36,41-42H2,(H2,67,68,78)/t58-,59-/m0/s1. The zero-order valence-corrected chi connectivity index (χ0v) is 49.1. The number of unbranched alkanes of at least 4 members (excludes halogenated alkanes) is 1. The minimum atomic E-state index is -0.267. The van der Waals surface area contributed by atoms with Gasteiger partial charge in [-0.2, -0.15) is 0 Å². The Hall–Kier alpha value is -4.64. The van der Waals surface area contributed by atoms with Crippen molar-refractivity contribution in [2.45, 2.75) is 140 Å². The lowest BCUT2D eigenvalue weighted by molar-refractivity contribution is -0.123. The predicted molar refractivity (Wildman–Crippen MR) is 321 cm³/mol. The van der Waals surface area contributed by atoms with Crippen molar-refractivity contribution in [2.75, 3.05) is 98.4 Å². The number of benzene rings is 4. The van der Waals surface area contributed by atoms with Crippen molar-refractivity contribution in [1.29, 1.82) is 0 Å². The summed E-state index contributed by atoms with van der Waals surface area (Å²) in [4.78, 5) is 66.7. The summed E-state index contributed by atoms with van der Waals surface area (Å²) in [6.45, 7) is 8.38. The fraction of sp³-hybridized carbons (Fsp3) is 0.548. The third-order valence-electron chi connectivity index (χ3n) is 16.8. The Balaban J connectivity index is 0.540. The number of nitrogens with zero attached hydrogens (tertiary/aromatic N) is 6. The predicted octanol–water partition coefficient (Wildman–Crippen LogP) is 11.3. The van der Waals surface area contributed by atoms with Crippen molar-refractivity contribution in [3.05, 3.63) is 115 Å². The average molecular weight is 1170 g/mol. The van der Waals surface area contributed by atoms with Gasteiger partial charge in [-0.25, -0.2) is 4.79 Å². The molecule has 2 saturated heterocycles. The van der Waals surface area contributed by atoms with Crippen molar-refractivity contribution in [1.82, 2.24) is 20.4 Å². The van der Waals surface area contributed by atoms with Gasteiger partial charge in [0.15, 0.2) is 0 Å². The maximum absolute atomic E-state index is 14.1. The molecule has 2 N–H and O–H groups in total. The molecule has 0 spiro atoms. The minimum absolute atomic E-state index is 0.160. The quantitative estimate of drug-likeness (QED) is 0.0557. The summed E-state index contributed by atoms with van der Waals surface area (Å²) in [7, 11) is 0. The van der Waals surface area contributed by atoms with Crippen LogP contribution in [-0.2, 0) is 49.8 Å². The monoisotopic (exact) mass is 1170 g/mol. The van der Waals surface area contributed by atoms with Crippen molar-refractivity contribution < 1.29 is 28.7 Å². The maximum Gasteiger partial charge on any atom is 0.314 e. The first-order valence-corrected chi connectivity index (χ1v) is 31.0. The molecule has 0 unspecified atom stereocenters. The van der Waals surface area contributed by atoms with Gasteiger partial charge in [-0.1, -0.05) is 70.7 Å². The average Bonchev–Trinajstić information content (AvgIpc) is 4.55. The van der Waals surface area contributed by atoms with Crippen molar-refractivity contribution in [3.8, 4) is 0 Å². The molecule has 18 heteroatoms. The number of Topliss-reactive ketones (excluding diaryl/α,β-unsaturated/α-hetero) is 1. The number of nitrogens with one attached hydrogen (secondary N) is 2. The Kier molecular flexibility index (Phi) is 20.6. The molecule has 14 nitrogen and oxygen atoms in total. The van der Waals surface area contributed by atoms with E-state index >= 15 is 0 Å². The van der Waals surface area contributed by atoms with Crippen LogP contribution in [0.1, 0.15) is 112 Å². The van der Waals surface area contributed by atoms with E-state index in [2.05, 4.69) is 66.6 Å². The highest BCUT2D eigenvalue weighted by Gasteiger charge is 2.42. The number of aryl methyl sites for hydroxylation is 2. The summed E-state index contributed by atoms with van der Waals surface area (Å²) in [5, 5.41) is 8.31. The number of halogens is 4. The molecule has 0 radical (unpaired) electrons. The number of hydrogen-bond acceptors (Lipinski definition) is 10. The van der Waals surface area contributed by atoms with Gasteiger partial charge in [0.1, 0.15) is 5.78 Å². The number of para-hydroxylation sites is 4. The summed E-state index contributed by atoms with van der Waals surface area (Å²) in [6.07, 6.45) is 13.8. The molecule has 2 aliphatic carbocycles. The van der Waals surface area contributed by atoms with Crippen LogP contribution in [0, 0.1) is 0 Å². The number of anilines is 4. The SMILES string of the molecule is O=C(CCCCc1cc(Cl)c(CN2CCC[C@H]2C(=O)N2CCN(C3CC3)c3ccccc32)cc1Cl)CCCOCCOCCNC(=O)NCCCc1cc(Cl)c(CN2CCC[C@H]2C(=O)N2CCN(C3CC3)c3ccccc32)cc1Cl.